The van der Waals surface area contributed by atoms with Gasteiger partial charge in [-0.05, 0) is 29.8 Å². The number of ether oxygens (including phenoxy) is 2. The lowest BCUT2D eigenvalue weighted by molar-refractivity contribution is -0.384. The first-order chi connectivity index (χ1) is 14.7. The van der Waals surface area contributed by atoms with Crippen LogP contribution in [0, 0.1) is 10.1 Å². The minimum Gasteiger partial charge on any atom is -0.458 e. The van der Waals surface area contributed by atoms with Gasteiger partial charge in [0.2, 0.25) is 0 Å². The molecule has 9 nitrogen and oxygen atoms in total. The maximum absolute atomic E-state index is 12.4. The van der Waals surface area contributed by atoms with Crippen LogP contribution in [-0.4, -0.2) is 54.9 Å². The Bertz CT molecular complexity index is 1050. The lowest BCUT2D eigenvalue weighted by Gasteiger charge is -2.24. The van der Waals surface area contributed by atoms with E-state index in [4.69, 9.17) is 9.47 Å². The van der Waals surface area contributed by atoms with Gasteiger partial charge in [-0.3, -0.25) is 10.1 Å². The number of hydrogen-bond donors (Lipinski definition) is 1. The number of anilines is 1. The van der Waals surface area contributed by atoms with Crippen LogP contribution in [0.4, 0.5) is 11.4 Å². The van der Waals surface area contributed by atoms with Crippen molar-refractivity contribution >= 4 is 29.4 Å². The zero-order chi connectivity index (χ0) is 22.6. The average molecular weight is 426 g/mol. The van der Waals surface area contributed by atoms with Crippen LogP contribution in [0.3, 0.4) is 0 Å². The summed E-state index contributed by atoms with van der Waals surface area (Å²) < 4.78 is 10.7. The molecule has 9 heteroatoms. The number of hydrogen-bond acceptors (Lipinski definition) is 8. The molecule has 1 atom stereocenters. The lowest BCUT2D eigenvalue weighted by atomic mass is 9.98. The molecular formula is C22H22N2O7. The summed E-state index contributed by atoms with van der Waals surface area (Å²) in [6.07, 6.45) is 1.46. The van der Waals surface area contributed by atoms with Crippen LogP contribution in [0.25, 0.3) is 6.08 Å². The molecule has 1 N–H and O–H groups in total. The van der Waals surface area contributed by atoms with Crippen molar-refractivity contribution in [2.45, 2.75) is 12.0 Å². The number of benzene rings is 2. The number of aliphatic hydroxyl groups is 1. The molecule has 1 unspecified atom stereocenters. The van der Waals surface area contributed by atoms with Gasteiger partial charge >= 0.3 is 11.9 Å². The van der Waals surface area contributed by atoms with E-state index in [1.807, 2.05) is 25.1 Å². The molecule has 2 aromatic rings. The Morgan fingerprint density at radius 1 is 1.29 bits per heavy atom. The highest BCUT2D eigenvalue weighted by Gasteiger charge is 2.44. The van der Waals surface area contributed by atoms with Crippen LogP contribution in [0.2, 0.25) is 0 Å². The quantitative estimate of drug-likeness (QED) is 0.311. The van der Waals surface area contributed by atoms with Crippen molar-refractivity contribution in [3.05, 3.63) is 75.3 Å². The van der Waals surface area contributed by atoms with Gasteiger partial charge in [-0.2, -0.15) is 0 Å². The zero-order valence-corrected chi connectivity index (χ0v) is 17.1. The number of cyclic esters (lactones) is 1. The van der Waals surface area contributed by atoms with Gasteiger partial charge in [0.25, 0.3) is 5.69 Å². The summed E-state index contributed by atoms with van der Waals surface area (Å²) in [5, 5.41) is 20.8. The van der Waals surface area contributed by atoms with Crippen molar-refractivity contribution in [1.29, 1.82) is 0 Å². The van der Waals surface area contributed by atoms with E-state index in [0.717, 1.165) is 5.69 Å². The number of nitro groups is 1. The first-order valence-corrected chi connectivity index (χ1v) is 9.47. The van der Waals surface area contributed by atoms with Crippen molar-refractivity contribution in [3.63, 3.8) is 0 Å². The van der Waals surface area contributed by atoms with Gasteiger partial charge in [-0.15, -0.1) is 0 Å². The fourth-order valence-electron chi connectivity index (χ4n) is 3.16. The second kappa shape index (κ2) is 8.97. The molecule has 0 bridgehead atoms. The molecule has 0 aromatic heterocycles. The summed E-state index contributed by atoms with van der Waals surface area (Å²) in [5.74, 6) is -1.28. The van der Waals surface area contributed by atoms with Gasteiger partial charge in [-0.1, -0.05) is 18.2 Å². The number of carbonyl (C=O) groups is 2. The SMILES string of the molecule is CN(C)c1cccc(C(=O)OCC2(CO)C/C(=C\c3cccc([N+](=O)[O-])c3)C(=O)O2)c1. The summed E-state index contributed by atoms with van der Waals surface area (Å²) in [7, 11) is 3.69. The molecule has 1 aliphatic rings. The molecule has 1 fully saturated rings. The molecule has 0 aliphatic carbocycles. The summed E-state index contributed by atoms with van der Waals surface area (Å²) >= 11 is 0. The average Bonchev–Trinajstić information content (AvgIpc) is 3.08. The molecule has 162 valence electrons. The Morgan fingerprint density at radius 3 is 2.71 bits per heavy atom. The number of rotatable bonds is 7. The molecule has 0 amide bonds. The number of nitrogens with zero attached hydrogens (tertiary/aromatic N) is 2. The molecule has 31 heavy (non-hydrogen) atoms. The Hall–Kier alpha value is -3.72. The van der Waals surface area contributed by atoms with Gasteiger partial charge in [0.05, 0.1) is 17.1 Å². The molecule has 1 saturated heterocycles. The highest BCUT2D eigenvalue weighted by Crippen LogP contribution is 2.33. The van der Waals surface area contributed by atoms with E-state index in [2.05, 4.69) is 0 Å². The maximum atomic E-state index is 12.4. The van der Waals surface area contributed by atoms with E-state index in [-0.39, 0.29) is 24.3 Å². The normalized spacial score (nSPS) is 19.2. The summed E-state index contributed by atoms with van der Waals surface area (Å²) in [6.45, 7) is -0.872. The third-order valence-corrected chi connectivity index (χ3v) is 4.86. The van der Waals surface area contributed by atoms with E-state index >= 15 is 0 Å². The first kappa shape index (κ1) is 22.0. The van der Waals surface area contributed by atoms with Crippen molar-refractivity contribution in [2.75, 3.05) is 32.2 Å². The molecule has 0 spiro atoms. The van der Waals surface area contributed by atoms with Gasteiger partial charge in [0.1, 0.15) is 6.61 Å². The second-order valence-corrected chi connectivity index (χ2v) is 7.45. The third-order valence-electron chi connectivity index (χ3n) is 4.86. The molecule has 0 saturated carbocycles. The van der Waals surface area contributed by atoms with Crippen molar-refractivity contribution in [1.82, 2.24) is 0 Å². The monoisotopic (exact) mass is 426 g/mol. The minimum absolute atomic E-state index is 0.00393. The Balaban J connectivity index is 1.73. The van der Waals surface area contributed by atoms with Crippen LogP contribution >= 0.6 is 0 Å². The summed E-state index contributed by atoms with van der Waals surface area (Å²) in [4.78, 5) is 37.0. The molecule has 1 heterocycles. The van der Waals surface area contributed by atoms with Crippen LogP contribution < -0.4 is 4.90 Å². The van der Waals surface area contributed by atoms with Crippen LogP contribution in [-0.2, 0) is 14.3 Å². The number of esters is 2. The van der Waals surface area contributed by atoms with Gasteiger partial charge < -0.3 is 19.5 Å². The van der Waals surface area contributed by atoms with Crippen LogP contribution in [0.1, 0.15) is 22.3 Å². The maximum Gasteiger partial charge on any atom is 0.338 e. The molecule has 2 aromatic carbocycles. The topological polar surface area (TPSA) is 119 Å². The molecule has 3 rings (SSSR count). The van der Waals surface area contributed by atoms with Gasteiger partial charge in [0, 0.05) is 43.9 Å². The molecule has 0 radical (unpaired) electrons. The first-order valence-electron chi connectivity index (χ1n) is 9.47. The third kappa shape index (κ3) is 5.07. The van der Waals surface area contributed by atoms with Crippen molar-refractivity contribution < 1.29 is 29.1 Å². The standard InChI is InChI=1S/C22H22N2O7/c1-23(2)18-7-4-6-16(11-18)20(26)30-14-22(13-25)12-17(21(27)31-22)9-15-5-3-8-19(10-15)24(28)29/h3-11,25H,12-14H2,1-2H3/b17-9+. The summed E-state index contributed by atoms with van der Waals surface area (Å²) in [5.41, 5.74) is 0.311. The number of aliphatic hydroxyl groups excluding tert-OH is 1. The van der Waals surface area contributed by atoms with E-state index in [1.165, 1.54) is 24.3 Å². The van der Waals surface area contributed by atoms with Crippen molar-refractivity contribution in [3.8, 4) is 0 Å². The largest absolute Gasteiger partial charge is 0.458 e. The Morgan fingerprint density at radius 2 is 2.03 bits per heavy atom. The summed E-state index contributed by atoms with van der Waals surface area (Å²) in [6, 6.07) is 12.6. The smallest absolute Gasteiger partial charge is 0.338 e. The fraction of sp³-hybridized carbons (Fsp3) is 0.273. The Labute approximate surface area is 178 Å². The minimum atomic E-state index is -1.40. The predicted octanol–water partition coefficient (Wildman–Crippen LogP) is 2.58. The fourth-order valence-corrected chi connectivity index (χ4v) is 3.16. The van der Waals surface area contributed by atoms with Crippen LogP contribution in [0.5, 0.6) is 0 Å². The highest BCUT2D eigenvalue weighted by atomic mass is 16.6. The number of non-ortho nitro benzene ring substituents is 1. The van der Waals surface area contributed by atoms with Crippen LogP contribution in [0.15, 0.2) is 54.1 Å². The Kier molecular flexibility index (Phi) is 6.36. The predicted molar refractivity (Wildman–Crippen MR) is 113 cm³/mol. The highest BCUT2D eigenvalue weighted by molar-refractivity contribution is 5.96. The van der Waals surface area contributed by atoms with E-state index in [1.54, 1.807) is 24.3 Å². The van der Waals surface area contributed by atoms with E-state index in [9.17, 15) is 24.8 Å². The number of carbonyl (C=O) groups excluding carboxylic acids is 2. The molecule has 1 aliphatic heterocycles. The second-order valence-electron chi connectivity index (χ2n) is 7.45. The number of nitro benzene ring substituents is 1. The van der Waals surface area contributed by atoms with Gasteiger partial charge in [0.15, 0.2) is 5.60 Å². The van der Waals surface area contributed by atoms with E-state index in [0.29, 0.717) is 11.1 Å². The zero-order valence-electron chi connectivity index (χ0n) is 17.1. The van der Waals surface area contributed by atoms with E-state index < -0.39 is 29.1 Å². The van der Waals surface area contributed by atoms with Gasteiger partial charge in [-0.25, -0.2) is 9.59 Å². The molecular weight excluding hydrogens is 404 g/mol. The van der Waals surface area contributed by atoms with Crippen molar-refractivity contribution in [2.24, 2.45) is 0 Å². The lowest BCUT2D eigenvalue weighted by Crippen LogP contribution is -2.39.